The maximum Gasteiger partial charge on any atom is 0.226 e. The highest BCUT2D eigenvalue weighted by atomic mass is 35.5. The summed E-state index contributed by atoms with van der Waals surface area (Å²) in [5, 5.41) is 22.2. The number of hydrogen-bond donors (Lipinski definition) is 2. The SMILES string of the molecule is Cc1nc2c(F)c(-c3cccc(Cl)c3Cl)c(CCC#N)cc2c2[nH]c(C3C4CC(CN(c5ccnc(C(C)(C)O)c5)C4)N3C(=O)C3CC3)cc12. The van der Waals surface area contributed by atoms with Crippen LogP contribution in [0.4, 0.5) is 10.1 Å². The molecular weight excluding hydrogens is 674 g/mol. The molecule has 2 bridgehead atoms. The number of aromatic nitrogens is 3. The van der Waals surface area contributed by atoms with Crippen LogP contribution in [-0.4, -0.2) is 50.0 Å². The van der Waals surface area contributed by atoms with Gasteiger partial charge in [0.1, 0.15) is 11.1 Å². The van der Waals surface area contributed by atoms with Crippen molar-refractivity contribution < 1.29 is 14.3 Å². The molecule has 2 N–H and O–H groups in total. The van der Waals surface area contributed by atoms with E-state index < -0.39 is 11.4 Å². The van der Waals surface area contributed by atoms with Gasteiger partial charge < -0.3 is 19.9 Å². The number of benzene rings is 2. The number of nitriles is 1. The zero-order valence-corrected chi connectivity index (χ0v) is 29.6. The van der Waals surface area contributed by atoms with Crippen molar-refractivity contribution in [2.75, 3.05) is 18.0 Å². The summed E-state index contributed by atoms with van der Waals surface area (Å²) in [5.74, 6) is -0.124. The normalized spacial score (nSPS) is 20.6. The Labute approximate surface area is 299 Å². The number of fused-ring (bicyclic) bond motifs is 5. The molecule has 0 radical (unpaired) electrons. The van der Waals surface area contributed by atoms with E-state index in [1.807, 2.05) is 25.1 Å². The fourth-order valence-corrected chi connectivity index (χ4v) is 8.54. The largest absolute Gasteiger partial charge is 0.384 e. The lowest BCUT2D eigenvalue weighted by molar-refractivity contribution is -0.135. The van der Waals surface area contributed by atoms with Gasteiger partial charge in [-0.1, -0.05) is 35.3 Å². The number of pyridine rings is 2. The van der Waals surface area contributed by atoms with Crippen LogP contribution in [-0.2, 0) is 16.8 Å². The molecule has 50 heavy (non-hydrogen) atoms. The van der Waals surface area contributed by atoms with Crippen molar-refractivity contribution in [2.45, 2.75) is 70.6 Å². The Balaban J connectivity index is 1.25. The van der Waals surface area contributed by atoms with Crippen molar-refractivity contribution in [3.05, 3.63) is 87.2 Å². The lowest BCUT2D eigenvalue weighted by Crippen LogP contribution is -2.45. The minimum Gasteiger partial charge on any atom is -0.384 e. The molecule has 5 heterocycles. The third kappa shape index (κ3) is 5.49. The Bertz CT molecular complexity index is 2240. The van der Waals surface area contributed by atoms with E-state index in [4.69, 9.17) is 28.2 Å². The highest BCUT2D eigenvalue weighted by molar-refractivity contribution is 6.43. The molecule has 11 heteroatoms. The number of carbonyl (C=O) groups is 1. The fraction of sp³-hybridized carbons (Fsp3) is 0.385. The van der Waals surface area contributed by atoms with Crippen LogP contribution in [0.3, 0.4) is 0 Å². The molecule has 3 fully saturated rings. The van der Waals surface area contributed by atoms with E-state index in [0.717, 1.165) is 48.1 Å². The highest BCUT2D eigenvalue weighted by Crippen LogP contribution is 2.49. The van der Waals surface area contributed by atoms with Gasteiger partial charge in [0, 0.05) is 76.5 Å². The van der Waals surface area contributed by atoms with Gasteiger partial charge in [-0.15, -0.1) is 0 Å². The molecular formula is C39H37Cl2FN6O2. The van der Waals surface area contributed by atoms with Crippen molar-refractivity contribution in [1.29, 1.82) is 5.26 Å². The molecule has 2 aromatic carbocycles. The molecule has 3 unspecified atom stereocenters. The molecule has 3 aromatic heterocycles. The standard InChI is InChI=1S/C39H37Cl2FN6O2/c1-20-27-17-30(46-35(27)28-15-22(6-5-12-43)32(34(42)36(28)45-20)26-7-4-8-29(40)33(26)41)37-23-14-25(48(37)38(49)21-9-10-21)19-47(18-23)24-11-13-44-31(16-24)39(2,3)50/h4,7-8,11,13,15-17,21,23,25,37,46,50H,5-6,9-10,14,18-19H2,1-3H3. The molecule has 1 aliphatic carbocycles. The number of aromatic amines is 1. The van der Waals surface area contributed by atoms with E-state index >= 15 is 4.39 Å². The van der Waals surface area contributed by atoms with Gasteiger partial charge in [-0.25, -0.2) is 9.37 Å². The molecule has 1 amide bonds. The zero-order chi connectivity index (χ0) is 35.1. The first-order valence-electron chi connectivity index (χ1n) is 17.2. The minimum atomic E-state index is -1.07. The quantitative estimate of drug-likeness (QED) is 0.176. The van der Waals surface area contributed by atoms with E-state index in [2.05, 4.69) is 31.9 Å². The Hall–Kier alpha value is -4.23. The number of likely N-dealkylation sites (tertiary alicyclic amines) is 1. The molecule has 8 nitrogen and oxygen atoms in total. The lowest BCUT2D eigenvalue weighted by Gasteiger charge is -2.34. The number of H-pyrrole nitrogens is 1. The number of anilines is 1. The third-order valence-electron chi connectivity index (χ3n) is 10.7. The number of piperidine rings is 1. The molecule has 2 saturated heterocycles. The van der Waals surface area contributed by atoms with Crippen molar-refractivity contribution in [3.63, 3.8) is 0 Å². The van der Waals surface area contributed by atoms with Crippen LogP contribution in [0.5, 0.6) is 0 Å². The summed E-state index contributed by atoms with van der Waals surface area (Å²) < 4.78 is 16.8. The summed E-state index contributed by atoms with van der Waals surface area (Å²) >= 11 is 13.0. The van der Waals surface area contributed by atoms with Crippen molar-refractivity contribution in [2.24, 2.45) is 11.8 Å². The molecule has 8 rings (SSSR count). The Kier molecular flexibility index (Phi) is 8.05. The van der Waals surface area contributed by atoms with Gasteiger partial charge in [0.2, 0.25) is 5.91 Å². The summed E-state index contributed by atoms with van der Waals surface area (Å²) in [6, 6.07) is 15.1. The Morgan fingerprint density at radius 2 is 1.96 bits per heavy atom. The molecule has 0 spiro atoms. The molecule has 5 aromatic rings. The fourth-order valence-electron chi connectivity index (χ4n) is 8.15. The number of hydrogen-bond acceptors (Lipinski definition) is 6. The number of amides is 1. The number of nitrogens with one attached hydrogen (secondary N) is 1. The van der Waals surface area contributed by atoms with Crippen LogP contribution < -0.4 is 4.90 Å². The lowest BCUT2D eigenvalue weighted by atomic mass is 9.92. The highest BCUT2D eigenvalue weighted by Gasteiger charge is 2.51. The van der Waals surface area contributed by atoms with E-state index in [1.165, 1.54) is 0 Å². The average Bonchev–Trinajstić information content (AvgIpc) is 3.79. The first kappa shape index (κ1) is 32.9. The molecule has 3 atom stereocenters. The van der Waals surface area contributed by atoms with Crippen LogP contribution in [0.15, 0.2) is 48.7 Å². The second-order valence-corrected chi connectivity index (χ2v) is 15.4. The number of halogens is 3. The van der Waals surface area contributed by atoms with Crippen LogP contribution >= 0.6 is 23.2 Å². The number of nitrogens with zero attached hydrogens (tertiary/aromatic N) is 5. The number of aliphatic hydroxyl groups is 1. The third-order valence-corrected chi connectivity index (χ3v) is 11.5. The smallest absolute Gasteiger partial charge is 0.226 e. The number of aryl methyl sites for hydroxylation is 2. The Morgan fingerprint density at radius 1 is 1.16 bits per heavy atom. The van der Waals surface area contributed by atoms with Gasteiger partial charge in [0.25, 0.3) is 0 Å². The maximum atomic E-state index is 16.8. The van der Waals surface area contributed by atoms with Gasteiger partial charge in [-0.05, 0) is 82.3 Å². The molecule has 256 valence electrons. The first-order chi connectivity index (χ1) is 23.9. The average molecular weight is 712 g/mol. The van der Waals surface area contributed by atoms with E-state index in [9.17, 15) is 15.2 Å². The summed E-state index contributed by atoms with van der Waals surface area (Å²) in [6.07, 6.45) is 4.95. The van der Waals surface area contributed by atoms with Gasteiger partial charge in [0.15, 0.2) is 5.82 Å². The van der Waals surface area contributed by atoms with E-state index in [1.54, 1.807) is 38.2 Å². The summed E-state index contributed by atoms with van der Waals surface area (Å²) in [4.78, 5) is 31.3. The number of carbonyl (C=O) groups excluding carboxylic acids is 1. The summed E-state index contributed by atoms with van der Waals surface area (Å²) in [7, 11) is 0. The predicted octanol–water partition coefficient (Wildman–Crippen LogP) is 8.40. The monoisotopic (exact) mass is 710 g/mol. The van der Waals surface area contributed by atoms with Crippen molar-refractivity contribution >= 4 is 56.6 Å². The molecule has 3 aliphatic rings. The van der Waals surface area contributed by atoms with Crippen molar-refractivity contribution in [3.8, 4) is 17.2 Å². The molecule has 2 aliphatic heterocycles. The second kappa shape index (κ2) is 12.2. The van der Waals surface area contributed by atoms with Crippen LogP contribution in [0.2, 0.25) is 10.0 Å². The number of rotatable bonds is 7. The van der Waals surface area contributed by atoms with E-state index in [0.29, 0.717) is 51.5 Å². The van der Waals surface area contributed by atoms with Gasteiger partial charge in [-0.2, -0.15) is 5.26 Å². The predicted molar refractivity (Wildman–Crippen MR) is 194 cm³/mol. The first-order valence-corrected chi connectivity index (χ1v) is 17.9. The van der Waals surface area contributed by atoms with Gasteiger partial charge in [0.05, 0.1) is 39.4 Å². The topological polar surface area (TPSA) is 109 Å². The van der Waals surface area contributed by atoms with Gasteiger partial charge >= 0.3 is 0 Å². The Morgan fingerprint density at radius 3 is 2.70 bits per heavy atom. The summed E-state index contributed by atoms with van der Waals surface area (Å²) in [6.45, 7) is 6.75. The van der Waals surface area contributed by atoms with Crippen LogP contribution in [0, 0.1) is 35.9 Å². The van der Waals surface area contributed by atoms with Crippen molar-refractivity contribution in [1.82, 2.24) is 19.9 Å². The molecule has 1 saturated carbocycles. The van der Waals surface area contributed by atoms with Crippen LogP contribution in [0.25, 0.3) is 32.9 Å². The maximum absolute atomic E-state index is 16.8. The minimum absolute atomic E-state index is 0.0213. The van der Waals surface area contributed by atoms with Gasteiger partial charge in [-0.3, -0.25) is 9.78 Å². The van der Waals surface area contributed by atoms with E-state index in [-0.39, 0.29) is 46.8 Å². The zero-order valence-electron chi connectivity index (χ0n) is 28.1. The van der Waals surface area contributed by atoms with Crippen LogP contribution in [0.1, 0.15) is 68.2 Å². The summed E-state index contributed by atoms with van der Waals surface area (Å²) in [5.41, 5.74) is 4.44. The second-order valence-electron chi connectivity index (χ2n) is 14.6.